The van der Waals surface area contributed by atoms with Gasteiger partial charge in [0.25, 0.3) is 0 Å². The van der Waals surface area contributed by atoms with E-state index in [2.05, 4.69) is 41.2 Å². The van der Waals surface area contributed by atoms with Crippen LogP contribution in [-0.4, -0.2) is 28.2 Å². The van der Waals surface area contributed by atoms with E-state index in [0.717, 1.165) is 17.7 Å². The lowest BCUT2D eigenvalue weighted by Gasteiger charge is -2.14. The first-order valence-corrected chi connectivity index (χ1v) is 6.62. The fourth-order valence-corrected chi connectivity index (χ4v) is 1.91. The molecule has 2 unspecified atom stereocenters. The van der Waals surface area contributed by atoms with Gasteiger partial charge in [-0.25, -0.2) is 0 Å². The summed E-state index contributed by atoms with van der Waals surface area (Å²) in [5.41, 5.74) is 1.94. The lowest BCUT2D eigenvalue weighted by atomic mass is 10.0. The molecule has 0 spiro atoms. The molecule has 1 N–H and O–H groups in total. The van der Waals surface area contributed by atoms with E-state index in [1.165, 1.54) is 0 Å². The second kappa shape index (κ2) is 5.93. The molecule has 2 aromatic rings. The Morgan fingerprint density at radius 3 is 2.84 bits per heavy atom. The van der Waals surface area contributed by atoms with E-state index in [4.69, 9.17) is 4.52 Å². The topological polar surface area (TPSA) is 63.8 Å². The summed E-state index contributed by atoms with van der Waals surface area (Å²) in [6.07, 6.45) is 2.65. The van der Waals surface area contributed by atoms with Crippen LogP contribution in [0.25, 0.3) is 11.5 Å². The third-order valence-electron chi connectivity index (χ3n) is 3.52. The van der Waals surface area contributed by atoms with Crippen molar-refractivity contribution in [1.29, 1.82) is 0 Å². The van der Waals surface area contributed by atoms with Crippen molar-refractivity contribution in [3.63, 3.8) is 0 Å². The third kappa shape index (κ3) is 2.81. The highest BCUT2D eigenvalue weighted by Gasteiger charge is 2.21. The molecule has 102 valence electrons. The minimum Gasteiger partial charge on any atom is -0.339 e. The van der Waals surface area contributed by atoms with Crippen LogP contribution in [0.2, 0.25) is 0 Å². The Kier molecular flexibility index (Phi) is 4.27. The van der Waals surface area contributed by atoms with Crippen molar-refractivity contribution < 1.29 is 4.52 Å². The molecule has 2 aromatic heterocycles. The average molecular weight is 260 g/mol. The summed E-state index contributed by atoms with van der Waals surface area (Å²) in [6, 6.07) is 4.25. The van der Waals surface area contributed by atoms with Gasteiger partial charge in [-0.2, -0.15) is 4.98 Å². The van der Waals surface area contributed by atoms with Crippen LogP contribution in [0.5, 0.6) is 0 Å². The summed E-state index contributed by atoms with van der Waals surface area (Å²) < 4.78 is 5.36. The standard InChI is InChI=1S/C14H20N4O/c1-5-11-7-6-8-16-12(11)13-17-14(19-18-13)9(2)10(3)15-4/h6-10,15H,5H2,1-4H3. The number of aromatic nitrogens is 3. The summed E-state index contributed by atoms with van der Waals surface area (Å²) in [4.78, 5) is 8.83. The molecule has 2 rings (SSSR count). The highest BCUT2D eigenvalue weighted by molar-refractivity contribution is 5.53. The SMILES string of the molecule is CCc1cccnc1-c1noc(C(C)C(C)NC)n1. The number of likely N-dealkylation sites (N-methyl/N-ethyl adjacent to an activating group) is 1. The Bertz CT molecular complexity index is 538. The minimum atomic E-state index is 0.167. The normalized spacial score (nSPS) is 14.3. The second-order valence-corrected chi connectivity index (χ2v) is 4.69. The molecule has 0 aliphatic heterocycles. The molecule has 0 aliphatic rings. The molecule has 0 radical (unpaired) electrons. The molecular formula is C14H20N4O. The Morgan fingerprint density at radius 1 is 1.37 bits per heavy atom. The molecule has 0 saturated carbocycles. The Morgan fingerprint density at radius 2 is 2.16 bits per heavy atom. The van der Waals surface area contributed by atoms with E-state index in [1.807, 2.05) is 19.2 Å². The monoisotopic (exact) mass is 260 g/mol. The molecule has 2 atom stereocenters. The van der Waals surface area contributed by atoms with E-state index in [-0.39, 0.29) is 12.0 Å². The van der Waals surface area contributed by atoms with Gasteiger partial charge in [0.2, 0.25) is 11.7 Å². The minimum absolute atomic E-state index is 0.167. The Labute approximate surface area is 113 Å². The molecule has 0 aromatic carbocycles. The molecule has 5 heteroatoms. The van der Waals surface area contributed by atoms with Gasteiger partial charge in [0.1, 0.15) is 5.69 Å². The molecule has 0 saturated heterocycles. The molecule has 5 nitrogen and oxygen atoms in total. The maximum Gasteiger partial charge on any atom is 0.231 e. The van der Waals surface area contributed by atoms with Crippen LogP contribution in [0.3, 0.4) is 0 Å². The van der Waals surface area contributed by atoms with Crippen LogP contribution < -0.4 is 5.32 Å². The molecule has 2 heterocycles. The van der Waals surface area contributed by atoms with Crippen molar-refractivity contribution in [2.24, 2.45) is 0 Å². The number of nitrogens with zero attached hydrogens (tertiary/aromatic N) is 3. The van der Waals surface area contributed by atoms with Crippen LogP contribution in [0.1, 0.15) is 38.1 Å². The number of aryl methyl sites for hydroxylation is 1. The molecule has 0 amide bonds. The largest absolute Gasteiger partial charge is 0.339 e. The highest BCUT2D eigenvalue weighted by Crippen LogP contribution is 2.22. The molecule has 0 aliphatic carbocycles. The number of rotatable bonds is 5. The Hall–Kier alpha value is -1.75. The van der Waals surface area contributed by atoms with E-state index in [1.54, 1.807) is 6.20 Å². The van der Waals surface area contributed by atoms with Crippen LogP contribution in [0.4, 0.5) is 0 Å². The summed E-state index contributed by atoms with van der Waals surface area (Å²) in [6.45, 7) is 6.25. The summed E-state index contributed by atoms with van der Waals surface area (Å²) in [7, 11) is 1.92. The van der Waals surface area contributed by atoms with E-state index < -0.39 is 0 Å². The number of pyridine rings is 1. The second-order valence-electron chi connectivity index (χ2n) is 4.69. The number of nitrogens with one attached hydrogen (secondary N) is 1. The van der Waals surface area contributed by atoms with E-state index in [9.17, 15) is 0 Å². The van der Waals surface area contributed by atoms with Crippen LogP contribution in [0, 0.1) is 0 Å². The fraction of sp³-hybridized carbons (Fsp3) is 0.500. The van der Waals surface area contributed by atoms with Gasteiger partial charge >= 0.3 is 0 Å². The fourth-order valence-electron chi connectivity index (χ4n) is 1.91. The summed E-state index contributed by atoms with van der Waals surface area (Å²) in [5.74, 6) is 1.38. The van der Waals surface area contributed by atoms with Crippen LogP contribution in [-0.2, 0) is 6.42 Å². The van der Waals surface area contributed by atoms with Crippen molar-refractivity contribution in [3.05, 3.63) is 29.8 Å². The van der Waals surface area contributed by atoms with E-state index in [0.29, 0.717) is 11.7 Å². The predicted molar refractivity (Wildman–Crippen MR) is 73.8 cm³/mol. The Balaban J connectivity index is 2.30. The average Bonchev–Trinajstić information content (AvgIpc) is 2.95. The third-order valence-corrected chi connectivity index (χ3v) is 3.52. The maximum atomic E-state index is 5.36. The van der Waals surface area contributed by atoms with Crippen molar-refractivity contribution >= 4 is 0 Å². The van der Waals surface area contributed by atoms with Crippen molar-refractivity contribution in [2.75, 3.05) is 7.05 Å². The van der Waals surface area contributed by atoms with Gasteiger partial charge in [-0.05, 0) is 32.0 Å². The summed E-state index contributed by atoms with van der Waals surface area (Å²) >= 11 is 0. The molecule has 0 bridgehead atoms. The molecule has 19 heavy (non-hydrogen) atoms. The quantitative estimate of drug-likeness (QED) is 0.894. The first-order chi connectivity index (χ1) is 9.17. The lowest BCUT2D eigenvalue weighted by molar-refractivity contribution is 0.336. The van der Waals surface area contributed by atoms with Crippen molar-refractivity contribution in [2.45, 2.75) is 39.2 Å². The van der Waals surface area contributed by atoms with Gasteiger partial charge in [-0.15, -0.1) is 0 Å². The smallest absolute Gasteiger partial charge is 0.231 e. The zero-order valence-electron chi connectivity index (χ0n) is 11.8. The van der Waals surface area contributed by atoms with Crippen molar-refractivity contribution in [3.8, 4) is 11.5 Å². The molecule has 0 fully saturated rings. The summed E-state index contributed by atoms with van der Waals surface area (Å²) in [5, 5.41) is 7.25. The number of hydrogen-bond donors (Lipinski definition) is 1. The van der Waals surface area contributed by atoms with Gasteiger partial charge in [-0.3, -0.25) is 4.98 Å². The van der Waals surface area contributed by atoms with Gasteiger partial charge in [0.15, 0.2) is 0 Å². The van der Waals surface area contributed by atoms with Crippen molar-refractivity contribution in [1.82, 2.24) is 20.4 Å². The maximum absolute atomic E-state index is 5.36. The van der Waals surface area contributed by atoms with Crippen LogP contribution in [0.15, 0.2) is 22.9 Å². The van der Waals surface area contributed by atoms with Gasteiger partial charge in [0.05, 0.1) is 5.92 Å². The first-order valence-electron chi connectivity index (χ1n) is 6.62. The van der Waals surface area contributed by atoms with Gasteiger partial charge in [0, 0.05) is 12.2 Å². The molecular weight excluding hydrogens is 240 g/mol. The predicted octanol–water partition coefficient (Wildman–Crippen LogP) is 2.41. The zero-order chi connectivity index (χ0) is 13.8. The van der Waals surface area contributed by atoms with Crippen LogP contribution >= 0.6 is 0 Å². The van der Waals surface area contributed by atoms with Gasteiger partial charge < -0.3 is 9.84 Å². The lowest BCUT2D eigenvalue weighted by Crippen LogP contribution is -2.27. The highest BCUT2D eigenvalue weighted by atomic mass is 16.5. The zero-order valence-corrected chi connectivity index (χ0v) is 11.8. The van der Waals surface area contributed by atoms with Gasteiger partial charge in [-0.1, -0.05) is 25.1 Å². The first kappa shape index (κ1) is 13.7. The number of hydrogen-bond acceptors (Lipinski definition) is 5. The van der Waals surface area contributed by atoms with E-state index >= 15 is 0 Å².